The molecule has 0 spiro atoms. The summed E-state index contributed by atoms with van der Waals surface area (Å²) in [6.45, 7) is 1.39. The fraction of sp³-hybridized carbons (Fsp3) is 0.455. The molecular formula is C11H14FNO. The zero-order chi connectivity index (χ0) is 9.97. The quantitative estimate of drug-likeness (QED) is 0.795. The molecule has 1 fully saturated rings. The van der Waals surface area contributed by atoms with Crippen LogP contribution in [-0.2, 0) is 0 Å². The highest BCUT2D eigenvalue weighted by Gasteiger charge is 2.36. The lowest BCUT2D eigenvalue weighted by atomic mass is 10.3. The average Bonchev–Trinajstić information content (AvgIpc) is 2.93. The van der Waals surface area contributed by atoms with E-state index in [0.717, 1.165) is 13.0 Å². The first-order valence-electron chi connectivity index (χ1n) is 4.88. The Bertz CT molecular complexity index is 316. The lowest BCUT2D eigenvalue weighted by Crippen LogP contribution is -2.07. The maximum absolute atomic E-state index is 12.8. The molecule has 1 aromatic rings. The highest BCUT2D eigenvalue weighted by Crippen LogP contribution is 2.37. The minimum Gasteiger partial charge on any atom is -0.493 e. The van der Waals surface area contributed by atoms with Crippen LogP contribution in [0.5, 0.6) is 5.75 Å². The molecule has 0 saturated heterocycles. The van der Waals surface area contributed by atoms with Gasteiger partial charge in [0, 0.05) is 6.07 Å². The minimum absolute atomic E-state index is 0.256. The van der Waals surface area contributed by atoms with Gasteiger partial charge in [0.05, 0.1) is 6.61 Å². The average molecular weight is 195 g/mol. The molecule has 0 amide bonds. The van der Waals surface area contributed by atoms with Crippen molar-refractivity contribution in [3.63, 3.8) is 0 Å². The van der Waals surface area contributed by atoms with Crippen LogP contribution in [0.25, 0.3) is 0 Å². The molecule has 2 atom stereocenters. The van der Waals surface area contributed by atoms with Crippen molar-refractivity contribution in [1.82, 2.24) is 0 Å². The van der Waals surface area contributed by atoms with Crippen molar-refractivity contribution >= 4 is 0 Å². The van der Waals surface area contributed by atoms with E-state index in [4.69, 9.17) is 10.5 Å². The maximum atomic E-state index is 12.8. The predicted octanol–water partition coefficient (Wildman–Crippen LogP) is 1.80. The van der Waals surface area contributed by atoms with Gasteiger partial charge < -0.3 is 10.5 Å². The second kappa shape index (κ2) is 3.96. The predicted molar refractivity (Wildman–Crippen MR) is 52.5 cm³/mol. The Balaban J connectivity index is 1.81. The molecule has 1 aliphatic rings. The van der Waals surface area contributed by atoms with Gasteiger partial charge in [-0.15, -0.1) is 0 Å². The number of halogens is 1. The highest BCUT2D eigenvalue weighted by atomic mass is 19.1. The molecular weight excluding hydrogens is 181 g/mol. The van der Waals surface area contributed by atoms with Gasteiger partial charge in [0.1, 0.15) is 11.6 Å². The number of hydrogen-bond donors (Lipinski definition) is 1. The topological polar surface area (TPSA) is 35.2 Å². The van der Waals surface area contributed by atoms with Crippen LogP contribution in [0.2, 0.25) is 0 Å². The van der Waals surface area contributed by atoms with Gasteiger partial charge in [-0.1, -0.05) is 6.07 Å². The highest BCUT2D eigenvalue weighted by molar-refractivity contribution is 5.22. The fourth-order valence-electron chi connectivity index (χ4n) is 1.56. The van der Waals surface area contributed by atoms with Crippen LogP contribution >= 0.6 is 0 Å². The smallest absolute Gasteiger partial charge is 0.126 e. The first-order chi connectivity index (χ1) is 6.79. The number of hydrogen-bond acceptors (Lipinski definition) is 2. The zero-order valence-corrected chi connectivity index (χ0v) is 7.95. The van der Waals surface area contributed by atoms with E-state index in [9.17, 15) is 4.39 Å². The van der Waals surface area contributed by atoms with Crippen LogP contribution in [0.4, 0.5) is 4.39 Å². The normalized spacial score (nSPS) is 24.7. The van der Waals surface area contributed by atoms with E-state index in [-0.39, 0.29) is 5.82 Å². The van der Waals surface area contributed by atoms with Gasteiger partial charge in [-0.2, -0.15) is 0 Å². The third-order valence-electron chi connectivity index (χ3n) is 2.63. The van der Waals surface area contributed by atoms with Crippen molar-refractivity contribution in [1.29, 1.82) is 0 Å². The summed E-state index contributed by atoms with van der Waals surface area (Å²) >= 11 is 0. The molecule has 1 aromatic carbocycles. The van der Waals surface area contributed by atoms with Crippen LogP contribution in [-0.4, -0.2) is 13.2 Å². The summed E-state index contributed by atoms with van der Waals surface area (Å²) < 4.78 is 18.2. The van der Waals surface area contributed by atoms with Crippen LogP contribution in [0.3, 0.4) is 0 Å². The lowest BCUT2D eigenvalue weighted by Gasteiger charge is -2.04. The lowest BCUT2D eigenvalue weighted by molar-refractivity contribution is 0.291. The molecule has 1 aliphatic carbocycles. The minimum atomic E-state index is -0.256. The Labute approximate surface area is 82.9 Å². The molecule has 0 heterocycles. The Morgan fingerprint density at radius 3 is 2.93 bits per heavy atom. The molecule has 0 aliphatic heterocycles. The van der Waals surface area contributed by atoms with Gasteiger partial charge in [0.2, 0.25) is 0 Å². The van der Waals surface area contributed by atoms with E-state index in [1.165, 1.54) is 12.1 Å². The molecule has 1 saturated carbocycles. The SMILES string of the molecule is NCC1CC1COc1cccc(F)c1. The first-order valence-corrected chi connectivity index (χ1v) is 4.88. The molecule has 2 N–H and O–H groups in total. The zero-order valence-electron chi connectivity index (χ0n) is 7.95. The van der Waals surface area contributed by atoms with Crippen LogP contribution in [0.1, 0.15) is 6.42 Å². The molecule has 0 aromatic heterocycles. The van der Waals surface area contributed by atoms with Crippen LogP contribution < -0.4 is 10.5 Å². The summed E-state index contributed by atoms with van der Waals surface area (Å²) in [5.74, 6) is 1.54. The van der Waals surface area contributed by atoms with Gasteiger partial charge >= 0.3 is 0 Å². The fourth-order valence-corrected chi connectivity index (χ4v) is 1.56. The monoisotopic (exact) mass is 195 g/mol. The molecule has 76 valence electrons. The Hall–Kier alpha value is -1.09. The molecule has 0 bridgehead atoms. The van der Waals surface area contributed by atoms with Crippen molar-refractivity contribution in [2.75, 3.05) is 13.2 Å². The third kappa shape index (κ3) is 2.23. The van der Waals surface area contributed by atoms with Crippen LogP contribution in [0.15, 0.2) is 24.3 Å². The van der Waals surface area contributed by atoms with Gasteiger partial charge in [0.15, 0.2) is 0 Å². The van der Waals surface area contributed by atoms with Gasteiger partial charge in [-0.05, 0) is 36.9 Å². The second-order valence-electron chi connectivity index (χ2n) is 3.76. The Morgan fingerprint density at radius 2 is 2.29 bits per heavy atom. The molecule has 2 unspecified atom stereocenters. The summed E-state index contributed by atoms with van der Waals surface area (Å²) in [7, 11) is 0. The van der Waals surface area contributed by atoms with E-state index >= 15 is 0 Å². The molecule has 3 heteroatoms. The van der Waals surface area contributed by atoms with Crippen molar-refractivity contribution in [3.05, 3.63) is 30.1 Å². The molecule has 0 radical (unpaired) electrons. The molecule has 14 heavy (non-hydrogen) atoms. The summed E-state index contributed by atoms with van der Waals surface area (Å²) in [6.07, 6.45) is 1.14. The third-order valence-corrected chi connectivity index (χ3v) is 2.63. The second-order valence-corrected chi connectivity index (χ2v) is 3.76. The van der Waals surface area contributed by atoms with E-state index in [0.29, 0.717) is 24.2 Å². The van der Waals surface area contributed by atoms with Crippen LogP contribution in [0, 0.1) is 17.7 Å². The summed E-state index contributed by atoms with van der Waals surface area (Å²) in [5.41, 5.74) is 5.50. The number of benzene rings is 1. The van der Waals surface area contributed by atoms with Crippen molar-refractivity contribution < 1.29 is 9.13 Å². The largest absolute Gasteiger partial charge is 0.493 e. The summed E-state index contributed by atoms with van der Waals surface area (Å²) in [6, 6.07) is 6.23. The van der Waals surface area contributed by atoms with E-state index in [1.54, 1.807) is 12.1 Å². The van der Waals surface area contributed by atoms with E-state index < -0.39 is 0 Å². The van der Waals surface area contributed by atoms with E-state index in [1.807, 2.05) is 0 Å². The van der Waals surface area contributed by atoms with E-state index in [2.05, 4.69) is 0 Å². The Kier molecular flexibility index (Phi) is 2.68. The number of nitrogens with two attached hydrogens (primary N) is 1. The van der Waals surface area contributed by atoms with Crippen molar-refractivity contribution in [2.45, 2.75) is 6.42 Å². The van der Waals surface area contributed by atoms with Gasteiger partial charge in [-0.3, -0.25) is 0 Å². The summed E-state index contributed by atoms with van der Waals surface area (Å²) in [4.78, 5) is 0. The maximum Gasteiger partial charge on any atom is 0.126 e. The van der Waals surface area contributed by atoms with Crippen molar-refractivity contribution in [2.24, 2.45) is 17.6 Å². The number of ether oxygens (including phenoxy) is 1. The number of rotatable bonds is 4. The molecule has 2 nitrogen and oxygen atoms in total. The first kappa shape index (κ1) is 9.46. The van der Waals surface area contributed by atoms with Gasteiger partial charge in [0.25, 0.3) is 0 Å². The standard InChI is InChI=1S/C11H14FNO/c12-10-2-1-3-11(5-10)14-7-9-4-8(9)6-13/h1-3,5,8-9H,4,6-7,13H2. The molecule has 2 rings (SSSR count). The summed E-state index contributed by atoms with van der Waals surface area (Å²) in [5, 5.41) is 0. The van der Waals surface area contributed by atoms with Crippen molar-refractivity contribution in [3.8, 4) is 5.75 Å². The Morgan fingerprint density at radius 1 is 1.43 bits per heavy atom. The van der Waals surface area contributed by atoms with Gasteiger partial charge in [-0.25, -0.2) is 4.39 Å².